The first kappa shape index (κ1) is 20.2. The monoisotopic (exact) mass is 372 g/mol. The van der Waals surface area contributed by atoms with Gasteiger partial charge in [0, 0.05) is 51.5 Å². The van der Waals surface area contributed by atoms with Crippen molar-refractivity contribution in [3.05, 3.63) is 36.8 Å². The molecule has 2 N–H and O–H groups in total. The molecule has 1 saturated heterocycles. The number of aryl methyl sites for hydroxylation is 1. The molecule has 0 bridgehead atoms. The van der Waals surface area contributed by atoms with E-state index in [2.05, 4.69) is 25.6 Å². The maximum Gasteiger partial charge on any atom is 0.227 e. The van der Waals surface area contributed by atoms with Crippen molar-refractivity contribution in [3.63, 3.8) is 0 Å². The second-order valence-electron chi connectivity index (χ2n) is 5.21. The molecule has 1 aliphatic rings. The highest BCUT2D eigenvalue weighted by atomic mass is 35.5. The van der Waals surface area contributed by atoms with E-state index in [4.69, 9.17) is 0 Å². The summed E-state index contributed by atoms with van der Waals surface area (Å²) >= 11 is 0. The van der Waals surface area contributed by atoms with Crippen LogP contribution in [0.25, 0.3) is 0 Å². The van der Waals surface area contributed by atoms with Crippen molar-refractivity contribution in [1.29, 1.82) is 0 Å². The minimum atomic E-state index is -0.0575. The number of halogens is 2. The predicted octanol–water partition coefficient (Wildman–Crippen LogP) is 1.56. The Morgan fingerprint density at radius 1 is 1.25 bits per heavy atom. The number of anilines is 2. The minimum Gasteiger partial charge on any atom is -0.368 e. The molecular formula is C15H22Cl2N6O. The van der Waals surface area contributed by atoms with E-state index >= 15 is 0 Å². The van der Waals surface area contributed by atoms with E-state index in [0.717, 1.165) is 31.9 Å². The van der Waals surface area contributed by atoms with Crippen LogP contribution in [0.5, 0.6) is 0 Å². The number of pyridine rings is 1. The zero-order valence-electron chi connectivity index (χ0n) is 13.2. The highest BCUT2D eigenvalue weighted by Crippen LogP contribution is 2.15. The molecule has 132 valence electrons. The van der Waals surface area contributed by atoms with Gasteiger partial charge >= 0.3 is 0 Å². The number of aromatic nitrogens is 3. The molecule has 2 aromatic heterocycles. The quantitative estimate of drug-likeness (QED) is 0.832. The lowest BCUT2D eigenvalue weighted by molar-refractivity contribution is -0.116. The van der Waals surface area contributed by atoms with Gasteiger partial charge in [0.05, 0.1) is 11.9 Å². The van der Waals surface area contributed by atoms with E-state index in [-0.39, 0.29) is 30.7 Å². The van der Waals surface area contributed by atoms with E-state index in [1.54, 1.807) is 10.9 Å². The summed E-state index contributed by atoms with van der Waals surface area (Å²) < 4.78 is 1.74. The maximum atomic E-state index is 11.9. The summed E-state index contributed by atoms with van der Waals surface area (Å²) in [4.78, 5) is 18.5. The molecular weight excluding hydrogens is 351 g/mol. The average Bonchev–Trinajstić information content (AvgIpc) is 3.08. The van der Waals surface area contributed by atoms with Gasteiger partial charge in [-0.05, 0) is 18.2 Å². The molecule has 24 heavy (non-hydrogen) atoms. The van der Waals surface area contributed by atoms with Gasteiger partial charge < -0.3 is 15.5 Å². The van der Waals surface area contributed by atoms with Crippen molar-refractivity contribution in [2.75, 3.05) is 36.4 Å². The first-order valence-electron chi connectivity index (χ1n) is 7.50. The fourth-order valence-corrected chi connectivity index (χ4v) is 2.42. The van der Waals surface area contributed by atoms with Crippen molar-refractivity contribution in [2.24, 2.45) is 0 Å². The van der Waals surface area contributed by atoms with Gasteiger partial charge in [0.2, 0.25) is 5.91 Å². The Morgan fingerprint density at radius 2 is 2.04 bits per heavy atom. The number of amides is 1. The van der Waals surface area contributed by atoms with Gasteiger partial charge in [0.15, 0.2) is 0 Å². The SMILES string of the molecule is Cl.Cl.O=C(CCn1cccn1)Nc1ccc(N2CCNCC2)cn1. The van der Waals surface area contributed by atoms with Crippen LogP contribution in [0.2, 0.25) is 0 Å². The van der Waals surface area contributed by atoms with Crippen LogP contribution in [-0.4, -0.2) is 46.9 Å². The topological polar surface area (TPSA) is 75.1 Å². The molecule has 3 heterocycles. The Kier molecular flexibility index (Phi) is 8.53. The zero-order valence-corrected chi connectivity index (χ0v) is 14.9. The van der Waals surface area contributed by atoms with Crippen LogP contribution >= 0.6 is 24.8 Å². The van der Waals surface area contributed by atoms with E-state index in [1.165, 1.54) is 0 Å². The van der Waals surface area contributed by atoms with E-state index in [9.17, 15) is 4.79 Å². The fraction of sp³-hybridized carbons (Fsp3) is 0.400. The largest absolute Gasteiger partial charge is 0.368 e. The average molecular weight is 373 g/mol. The number of piperazine rings is 1. The lowest BCUT2D eigenvalue weighted by Crippen LogP contribution is -2.43. The molecule has 0 spiro atoms. The van der Waals surface area contributed by atoms with Gasteiger partial charge in [-0.25, -0.2) is 4.98 Å². The smallest absolute Gasteiger partial charge is 0.227 e. The summed E-state index contributed by atoms with van der Waals surface area (Å²) in [7, 11) is 0. The van der Waals surface area contributed by atoms with Crippen molar-refractivity contribution in [2.45, 2.75) is 13.0 Å². The molecule has 1 amide bonds. The van der Waals surface area contributed by atoms with Crippen LogP contribution in [0.1, 0.15) is 6.42 Å². The second-order valence-corrected chi connectivity index (χ2v) is 5.21. The Bertz CT molecular complexity index is 599. The summed E-state index contributed by atoms with van der Waals surface area (Å²) in [6, 6.07) is 5.69. The van der Waals surface area contributed by atoms with Gasteiger partial charge in [0.1, 0.15) is 5.82 Å². The summed E-state index contributed by atoms with van der Waals surface area (Å²) in [5, 5.41) is 10.2. The molecule has 9 heteroatoms. The van der Waals surface area contributed by atoms with Crippen LogP contribution < -0.4 is 15.5 Å². The molecule has 0 atom stereocenters. The Balaban J connectivity index is 0.00000144. The molecule has 0 aromatic carbocycles. The lowest BCUT2D eigenvalue weighted by atomic mass is 10.3. The number of hydrogen-bond donors (Lipinski definition) is 2. The molecule has 1 fully saturated rings. The van der Waals surface area contributed by atoms with Gasteiger partial charge in [-0.3, -0.25) is 9.48 Å². The summed E-state index contributed by atoms with van der Waals surface area (Å²) in [5.74, 6) is 0.530. The van der Waals surface area contributed by atoms with Crippen LogP contribution in [0.4, 0.5) is 11.5 Å². The third-order valence-electron chi connectivity index (χ3n) is 3.62. The molecule has 0 saturated carbocycles. The number of nitrogens with zero attached hydrogens (tertiary/aromatic N) is 4. The van der Waals surface area contributed by atoms with Gasteiger partial charge in [-0.15, -0.1) is 24.8 Å². The Labute approximate surface area is 153 Å². The maximum absolute atomic E-state index is 11.9. The molecule has 0 aliphatic carbocycles. The number of nitrogens with one attached hydrogen (secondary N) is 2. The van der Waals surface area contributed by atoms with Gasteiger partial charge in [-0.2, -0.15) is 5.10 Å². The summed E-state index contributed by atoms with van der Waals surface area (Å²) in [6.07, 6.45) is 5.74. The van der Waals surface area contributed by atoms with E-state index in [0.29, 0.717) is 18.8 Å². The highest BCUT2D eigenvalue weighted by Gasteiger charge is 2.11. The van der Waals surface area contributed by atoms with E-state index in [1.807, 2.05) is 30.6 Å². The normalized spacial score (nSPS) is 13.6. The number of carbonyl (C=O) groups excluding carboxylic acids is 1. The summed E-state index contributed by atoms with van der Waals surface area (Å²) in [5.41, 5.74) is 1.09. The number of carbonyl (C=O) groups is 1. The van der Waals surface area contributed by atoms with Gasteiger partial charge in [-0.1, -0.05) is 0 Å². The lowest BCUT2D eigenvalue weighted by Gasteiger charge is -2.29. The van der Waals surface area contributed by atoms with Crippen molar-refractivity contribution >= 4 is 42.2 Å². The van der Waals surface area contributed by atoms with Crippen LogP contribution in [-0.2, 0) is 11.3 Å². The number of rotatable bonds is 5. The molecule has 7 nitrogen and oxygen atoms in total. The molecule has 1 aliphatic heterocycles. The van der Waals surface area contributed by atoms with E-state index < -0.39 is 0 Å². The molecule has 0 unspecified atom stereocenters. The predicted molar refractivity (Wildman–Crippen MR) is 99.3 cm³/mol. The standard InChI is InChI=1S/C15H20N6O.2ClH/c22-15(4-9-21-8-1-5-18-21)19-14-3-2-13(12-17-14)20-10-6-16-7-11-20;;/h1-3,5,8,12,16H,4,6-7,9-11H2,(H,17,19,22);2*1H. The Hall–Kier alpha value is -1.83. The molecule has 2 aromatic rings. The van der Waals surface area contributed by atoms with Crippen molar-refractivity contribution in [1.82, 2.24) is 20.1 Å². The summed E-state index contributed by atoms with van der Waals surface area (Å²) in [6.45, 7) is 4.52. The van der Waals surface area contributed by atoms with Crippen LogP contribution in [0.3, 0.4) is 0 Å². The van der Waals surface area contributed by atoms with Crippen molar-refractivity contribution in [3.8, 4) is 0 Å². The van der Waals surface area contributed by atoms with Crippen molar-refractivity contribution < 1.29 is 4.79 Å². The first-order chi connectivity index (χ1) is 10.8. The third kappa shape index (κ3) is 5.67. The zero-order chi connectivity index (χ0) is 15.2. The number of hydrogen-bond acceptors (Lipinski definition) is 5. The molecule has 0 radical (unpaired) electrons. The Morgan fingerprint density at radius 3 is 2.67 bits per heavy atom. The second kappa shape index (κ2) is 10.1. The van der Waals surface area contributed by atoms with Crippen LogP contribution in [0, 0.1) is 0 Å². The van der Waals surface area contributed by atoms with Gasteiger partial charge in [0.25, 0.3) is 0 Å². The fourth-order valence-electron chi connectivity index (χ4n) is 2.42. The highest BCUT2D eigenvalue weighted by molar-refractivity contribution is 5.89. The molecule has 3 rings (SSSR count). The third-order valence-corrected chi connectivity index (χ3v) is 3.62. The van der Waals surface area contributed by atoms with Crippen LogP contribution in [0.15, 0.2) is 36.8 Å². The minimum absolute atomic E-state index is 0. The first-order valence-corrected chi connectivity index (χ1v) is 7.50.